The van der Waals surface area contributed by atoms with Crippen LogP contribution in [-0.4, -0.2) is 29.6 Å². The number of pyridine rings is 1. The topological polar surface area (TPSA) is 116 Å². The molecule has 0 atom stereocenters. The molecule has 5 aromatic rings. The largest absolute Gasteiger partial charge is 0.508 e. The maximum absolute atomic E-state index is 9.87. The van der Waals surface area contributed by atoms with Gasteiger partial charge in [0.2, 0.25) is 5.95 Å². The van der Waals surface area contributed by atoms with Crippen molar-refractivity contribution in [2.75, 3.05) is 5.73 Å². The highest BCUT2D eigenvalue weighted by molar-refractivity contribution is 5.84. The Morgan fingerprint density at radius 2 is 1.82 bits per heavy atom. The van der Waals surface area contributed by atoms with Gasteiger partial charge >= 0.3 is 0 Å². The quantitative estimate of drug-likeness (QED) is 0.500. The minimum atomic E-state index is 0.116. The van der Waals surface area contributed by atoms with E-state index in [9.17, 15) is 5.11 Å². The molecule has 0 unspecified atom stereocenters. The zero-order valence-corrected chi connectivity index (χ0v) is 14.5. The molecule has 0 aliphatic heterocycles. The Labute approximate surface area is 159 Å². The second-order valence-electron chi connectivity index (χ2n) is 6.13. The summed E-state index contributed by atoms with van der Waals surface area (Å²) >= 11 is 0. The van der Waals surface area contributed by atoms with E-state index in [-0.39, 0.29) is 11.7 Å². The van der Waals surface area contributed by atoms with Gasteiger partial charge in [-0.15, -0.1) is 0 Å². The molecule has 8 nitrogen and oxygen atoms in total. The predicted molar refractivity (Wildman–Crippen MR) is 104 cm³/mol. The molecule has 0 amide bonds. The molecule has 0 radical (unpaired) electrons. The Morgan fingerprint density at radius 1 is 0.964 bits per heavy atom. The molecule has 8 heteroatoms. The van der Waals surface area contributed by atoms with Crippen LogP contribution in [0.4, 0.5) is 5.95 Å². The van der Waals surface area contributed by atoms with Gasteiger partial charge in [0, 0.05) is 30.1 Å². The van der Waals surface area contributed by atoms with Crippen molar-refractivity contribution in [1.29, 1.82) is 0 Å². The third-order valence-electron chi connectivity index (χ3n) is 4.31. The van der Waals surface area contributed by atoms with Crippen LogP contribution < -0.4 is 5.73 Å². The molecule has 4 heterocycles. The lowest BCUT2D eigenvalue weighted by Crippen LogP contribution is -2.05. The highest BCUT2D eigenvalue weighted by Crippen LogP contribution is 2.31. The average Bonchev–Trinajstić information content (AvgIpc) is 3.36. The van der Waals surface area contributed by atoms with Crippen LogP contribution in [0.5, 0.6) is 5.75 Å². The lowest BCUT2D eigenvalue weighted by molar-refractivity contribution is 0.476. The van der Waals surface area contributed by atoms with Crippen LogP contribution in [0.25, 0.3) is 39.7 Å². The number of phenols is 1. The summed E-state index contributed by atoms with van der Waals surface area (Å²) in [6.45, 7) is 0. The summed E-state index contributed by atoms with van der Waals surface area (Å²) in [5, 5.41) is 9.87. The fourth-order valence-electron chi connectivity index (χ4n) is 3.11. The first-order valence-corrected chi connectivity index (χ1v) is 8.50. The van der Waals surface area contributed by atoms with E-state index in [1.54, 1.807) is 55.1 Å². The van der Waals surface area contributed by atoms with Crippen LogP contribution in [0.15, 0.2) is 71.6 Å². The second kappa shape index (κ2) is 6.20. The van der Waals surface area contributed by atoms with Crippen molar-refractivity contribution in [2.45, 2.75) is 0 Å². The summed E-state index contributed by atoms with van der Waals surface area (Å²) < 4.78 is 7.32. The summed E-state index contributed by atoms with van der Waals surface area (Å²) in [7, 11) is 0. The highest BCUT2D eigenvalue weighted by Gasteiger charge is 2.18. The van der Waals surface area contributed by atoms with E-state index in [0.29, 0.717) is 28.6 Å². The maximum Gasteiger partial charge on any atom is 0.222 e. The second-order valence-corrected chi connectivity index (χ2v) is 6.13. The molecule has 0 saturated heterocycles. The Kier molecular flexibility index (Phi) is 3.55. The van der Waals surface area contributed by atoms with Gasteiger partial charge in [0.15, 0.2) is 5.76 Å². The van der Waals surface area contributed by atoms with E-state index in [1.165, 1.54) is 0 Å². The normalized spacial score (nSPS) is 11.1. The Hall–Kier alpha value is -4.20. The van der Waals surface area contributed by atoms with Crippen molar-refractivity contribution in [3.63, 3.8) is 0 Å². The number of phenolic OH excluding ortho intramolecular Hbond substituents is 1. The molecular weight excluding hydrogens is 356 g/mol. The maximum atomic E-state index is 9.87. The summed E-state index contributed by atoms with van der Waals surface area (Å²) in [6, 6.07) is 14.1. The molecule has 3 N–H and O–H groups in total. The van der Waals surface area contributed by atoms with Crippen molar-refractivity contribution < 1.29 is 9.52 Å². The van der Waals surface area contributed by atoms with Gasteiger partial charge in [0.05, 0.1) is 17.3 Å². The van der Waals surface area contributed by atoms with Gasteiger partial charge in [-0.3, -0.25) is 9.55 Å². The van der Waals surface area contributed by atoms with Crippen LogP contribution in [-0.2, 0) is 0 Å². The molecule has 28 heavy (non-hydrogen) atoms. The minimum absolute atomic E-state index is 0.116. The number of nitrogens with zero attached hydrogens (tertiary/aromatic N) is 5. The molecule has 0 saturated carbocycles. The fourth-order valence-corrected chi connectivity index (χ4v) is 3.11. The van der Waals surface area contributed by atoms with Crippen molar-refractivity contribution in [2.24, 2.45) is 0 Å². The molecule has 136 valence electrons. The summed E-state index contributed by atoms with van der Waals surface area (Å²) in [6.07, 6.45) is 4.96. The first-order valence-electron chi connectivity index (χ1n) is 8.50. The Balaban J connectivity index is 1.81. The van der Waals surface area contributed by atoms with E-state index >= 15 is 0 Å². The van der Waals surface area contributed by atoms with Crippen molar-refractivity contribution in [1.82, 2.24) is 24.5 Å². The van der Waals surface area contributed by atoms with E-state index in [0.717, 1.165) is 11.1 Å². The van der Waals surface area contributed by atoms with Gasteiger partial charge in [-0.05, 0) is 36.4 Å². The van der Waals surface area contributed by atoms with E-state index in [2.05, 4.69) is 15.0 Å². The highest BCUT2D eigenvalue weighted by atomic mass is 16.3. The lowest BCUT2D eigenvalue weighted by Gasteiger charge is -2.10. The number of nitrogens with two attached hydrogens (primary N) is 1. The SMILES string of the molecule is Nc1nc(-c2ccco2)cc(-n2c(-c3ccncc3)nc3cc(O)ccc32)n1. The number of furan rings is 1. The van der Waals surface area contributed by atoms with Gasteiger partial charge in [-0.25, -0.2) is 9.97 Å². The molecule has 4 aromatic heterocycles. The number of benzene rings is 1. The Bertz CT molecular complexity index is 1280. The Morgan fingerprint density at radius 3 is 2.61 bits per heavy atom. The van der Waals surface area contributed by atoms with E-state index in [1.807, 2.05) is 16.7 Å². The van der Waals surface area contributed by atoms with Crippen molar-refractivity contribution in [3.8, 4) is 34.4 Å². The summed E-state index contributed by atoms with van der Waals surface area (Å²) in [5.74, 6) is 2.02. The zero-order chi connectivity index (χ0) is 19.1. The standard InChI is InChI=1S/C20H14N6O2/c21-20-24-15(17-2-1-9-28-17)11-18(25-20)26-16-4-3-13(27)10-14(16)23-19(26)12-5-7-22-8-6-12/h1-11,27H,(H2,21,24,25). The molecule has 0 spiro atoms. The van der Waals surface area contributed by atoms with E-state index in [4.69, 9.17) is 15.1 Å². The van der Waals surface area contributed by atoms with Gasteiger partial charge < -0.3 is 15.3 Å². The number of hydrogen-bond donors (Lipinski definition) is 2. The third-order valence-corrected chi connectivity index (χ3v) is 4.31. The first-order chi connectivity index (χ1) is 13.7. The average molecular weight is 370 g/mol. The smallest absolute Gasteiger partial charge is 0.222 e. The van der Waals surface area contributed by atoms with Crippen LogP contribution >= 0.6 is 0 Å². The fraction of sp³-hybridized carbons (Fsp3) is 0. The number of nitrogen functional groups attached to an aromatic ring is 1. The zero-order valence-electron chi connectivity index (χ0n) is 14.5. The van der Waals surface area contributed by atoms with Crippen molar-refractivity contribution >= 4 is 17.0 Å². The summed E-state index contributed by atoms with van der Waals surface area (Å²) in [5.41, 5.74) is 8.79. The number of anilines is 1. The van der Waals surface area contributed by atoms with Gasteiger partial charge in [0.25, 0.3) is 0 Å². The molecule has 0 aliphatic rings. The molecule has 5 rings (SSSR count). The number of aromatic nitrogens is 5. The lowest BCUT2D eigenvalue weighted by atomic mass is 10.2. The number of hydrogen-bond acceptors (Lipinski definition) is 7. The number of aromatic hydroxyl groups is 1. The van der Waals surface area contributed by atoms with Gasteiger partial charge in [-0.2, -0.15) is 4.98 Å². The van der Waals surface area contributed by atoms with E-state index < -0.39 is 0 Å². The van der Waals surface area contributed by atoms with Gasteiger partial charge in [-0.1, -0.05) is 0 Å². The minimum Gasteiger partial charge on any atom is -0.508 e. The van der Waals surface area contributed by atoms with Crippen LogP contribution in [0.3, 0.4) is 0 Å². The predicted octanol–water partition coefficient (Wildman–Crippen LogP) is 3.43. The first kappa shape index (κ1) is 16.0. The molecule has 0 fully saturated rings. The molecule has 0 bridgehead atoms. The monoisotopic (exact) mass is 370 g/mol. The summed E-state index contributed by atoms with van der Waals surface area (Å²) in [4.78, 5) is 17.4. The van der Waals surface area contributed by atoms with Crippen molar-refractivity contribution in [3.05, 3.63) is 67.2 Å². The molecular formula is C20H14N6O2. The molecule has 0 aliphatic carbocycles. The van der Waals surface area contributed by atoms with Gasteiger partial charge in [0.1, 0.15) is 23.1 Å². The van der Waals surface area contributed by atoms with Crippen LogP contribution in [0.1, 0.15) is 0 Å². The van der Waals surface area contributed by atoms with Crippen LogP contribution in [0, 0.1) is 0 Å². The number of fused-ring (bicyclic) bond motifs is 1. The molecule has 1 aromatic carbocycles. The number of rotatable bonds is 3. The van der Waals surface area contributed by atoms with Crippen LogP contribution in [0.2, 0.25) is 0 Å². The third kappa shape index (κ3) is 2.64. The number of imidazole rings is 1.